The van der Waals surface area contributed by atoms with E-state index in [4.69, 9.17) is 11.6 Å². The molecule has 1 aromatic rings. The molecule has 1 atom stereocenters. The summed E-state index contributed by atoms with van der Waals surface area (Å²) in [5.74, 6) is -0.389. The summed E-state index contributed by atoms with van der Waals surface area (Å²) in [6.45, 7) is 1.51. The summed E-state index contributed by atoms with van der Waals surface area (Å²) < 4.78 is 24.7. The molecule has 1 amide bonds. The topological polar surface area (TPSA) is 66.5 Å². The van der Waals surface area contributed by atoms with E-state index in [0.717, 1.165) is 10.6 Å². The number of nitrogens with zero attached hydrogens (tertiary/aromatic N) is 1. The van der Waals surface area contributed by atoms with Gasteiger partial charge in [0.2, 0.25) is 15.9 Å². The molecule has 1 N–H and O–H groups in total. The molecule has 1 unspecified atom stereocenters. The van der Waals surface area contributed by atoms with Gasteiger partial charge in [0.15, 0.2) is 0 Å². The fourth-order valence-electron chi connectivity index (χ4n) is 1.63. The maximum atomic E-state index is 11.8. The van der Waals surface area contributed by atoms with Crippen molar-refractivity contribution in [3.05, 3.63) is 29.3 Å². The third-order valence-corrected chi connectivity index (χ3v) is 3.87. The Balaban J connectivity index is 3.27. The first kappa shape index (κ1) is 14.8. The zero-order valence-electron chi connectivity index (χ0n) is 10.3. The number of carbonyl (C=O) groups is 1. The molecule has 1 aromatic carbocycles. The van der Waals surface area contributed by atoms with E-state index >= 15 is 0 Å². The predicted molar refractivity (Wildman–Crippen MR) is 72.3 cm³/mol. The molecule has 0 spiro atoms. The van der Waals surface area contributed by atoms with E-state index in [1.165, 1.54) is 20.0 Å². The molecule has 1 rings (SSSR count). The Kier molecular flexibility index (Phi) is 4.59. The maximum Gasteiger partial charge on any atom is 0.243 e. The van der Waals surface area contributed by atoms with Crippen LogP contribution >= 0.6 is 11.6 Å². The van der Waals surface area contributed by atoms with Crippen LogP contribution in [0.4, 0.5) is 5.69 Å². The van der Waals surface area contributed by atoms with Crippen LogP contribution in [0.2, 0.25) is 5.02 Å². The minimum absolute atomic E-state index is 0.362. The van der Waals surface area contributed by atoms with Crippen molar-refractivity contribution in [1.82, 2.24) is 5.32 Å². The molecule has 0 radical (unpaired) electrons. The zero-order valence-corrected chi connectivity index (χ0v) is 11.9. The van der Waals surface area contributed by atoms with E-state index in [9.17, 15) is 13.2 Å². The molecule has 0 aliphatic heterocycles. The Morgan fingerprint density at radius 2 is 2.06 bits per heavy atom. The summed E-state index contributed by atoms with van der Waals surface area (Å²) >= 11 is 5.84. The van der Waals surface area contributed by atoms with Gasteiger partial charge < -0.3 is 5.32 Å². The first-order valence-electron chi connectivity index (χ1n) is 5.24. The van der Waals surface area contributed by atoms with Crippen LogP contribution in [0.5, 0.6) is 0 Å². The molecule has 0 aromatic heterocycles. The molecule has 0 saturated carbocycles. The SMILES string of the molecule is CNC(=O)C(C)N(c1cccc(Cl)c1)S(C)(=O)=O. The molecular formula is C11H15ClN2O3S. The number of carbonyl (C=O) groups excluding carboxylic acids is 1. The Morgan fingerprint density at radius 1 is 1.44 bits per heavy atom. The van der Waals surface area contributed by atoms with Gasteiger partial charge in [-0.05, 0) is 25.1 Å². The Hall–Kier alpha value is -1.27. The van der Waals surface area contributed by atoms with E-state index < -0.39 is 16.1 Å². The third-order valence-electron chi connectivity index (χ3n) is 2.40. The van der Waals surface area contributed by atoms with Crippen molar-refractivity contribution in [1.29, 1.82) is 0 Å². The molecule has 5 nitrogen and oxygen atoms in total. The standard InChI is InChI=1S/C11H15ClN2O3S/c1-8(11(15)13-2)14(18(3,16)17)10-6-4-5-9(12)7-10/h4-8H,1-3H3,(H,13,15). The Labute approximate surface area is 112 Å². The van der Waals surface area contributed by atoms with Crippen LogP contribution in [-0.4, -0.2) is 33.7 Å². The van der Waals surface area contributed by atoms with Gasteiger partial charge in [-0.1, -0.05) is 17.7 Å². The quantitative estimate of drug-likeness (QED) is 0.907. The number of amides is 1. The second-order valence-corrected chi connectivity index (χ2v) is 6.12. The highest BCUT2D eigenvalue weighted by Gasteiger charge is 2.28. The minimum atomic E-state index is -3.58. The molecular weight excluding hydrogens is 276 g/mol. The number of hydrogen-bond acceptors (Lipinski definition) is 3. The minimum Gasteiger partial charge on any atom is -0.357 e. The van der Waals surface area contributed by atoms with E-state index in [-0.39, 0.29) is 5.91 Å². The lowest BCUT2D eigenvalue weighted by Gasteiger charge is -2.27. The average molecular weight is 291 g/mol. The number of sulfonamides is 1. The monoisotopic (exact) mass is 290 g/mol. The number of likely N-dealkylation sites (N-methyl/N-ethyl adjacent to an activating group) is 1. The van der Waals surface area contributed by atoms with Crippen molar-refractivity contribution in [2.24, 2.45) is 0 Å². The fourth-order valence-corrected chi connectivity index (χ4v) is 2.98. The van der Waals surface area contributed by atoms with E-state index in [1.54, 1.807) is 18.2 Å². The second kappa shape index (κ2) is 5.58. The smallest absolute Gasteiger partial charge is 0.243 e. The van der Waals surface area contributed by atoms with Crippen LogP contribution in [0.1, 0.15) is 6.92 Å². The summed E-state index contributed by atoms with van der Waals surface area (Å²) in [4.78, 5) is 11.6. The van der Waals surface area contributed by atoms with Crippen molar-refractivity contribution in [2.75, 3.05) is 17.6 Å². The van der Waals surface area contributed by atoms with Crippen LogP contribution in [0, 0.1) is 0 Å². The average Bonchev–Trinajstić information content (AvgIpc) is 2.26. The van der Waals surface area contributed by atoms with E-state index in [2.05, 4.69) is 5.32 Å². The summed E-state index contributed by atoms with van der Waals surface area (Å²) in [6, 6.07) is 5.51. The number of nitrogens with one attached hydrogen (secondary N) is 1. The van der Waals surface area contributed by atoms with Crippen molar-refractivity contribution in [2.45, 2.75) is 13.0 Å². The molecule has 7 heteroatoms. The molecule has 18 heavy (non-hydrogen) atoms. The van der Waals surface area contributed by atoms with Crippen LogP contribution in [0.25, 0.3) is 0 Å². The number of hydrogen-bond donors (Lipinski definition) is 1. The molecule has 0 heterocycles. The molecule has 0 saturated heterocycles. The summed E-state index contributed by atoms with van der Waals surface area (Å²) in [5, 5.41) is 2.83. The lowest BCUT2D eigenvalue weighted by molar-refractivity contribution is -0.121. The van der Waals surface area contributed by atoms with Gasteiger partial charge in [-0.2, -0.15) is 0 Å². The number of rotatable bonds is 4. The van der Waals surface area contributed by atoms with Gasteiger partial charge in [-0.3, -0.25) is 9.10 Å². The molecule has 100 valence electrons. The van der Waals surface area contributed by atoms with Gasteiger partial charge >= 0.3 is 0 Å². The summed E-state index contributed by atoms with van der Waals surface area (Å²) in [6.07, 6.45) is 1.05. The van der Waals surface area contributed by atoms with Crippen LogP contribution in [0.15, 0.2) is 24.3 Å². The van der Waals surface area contributed by atoms with Crippen LogP contribution < -0.4 is 9.62 Å². The van der Waals surface area contributed by atoms with Gasteiger partial charge in [0.1, 0.15) is 6.04 Å². The summed E-state index contributed by atoms with van der Waals surface area (Å²) in [5.41, 5.74) is 0.362. The Morgan fingerprint density at radius 3 is 2.50 bits per heavy atom. The lowest BCUT2D eigenvalue weighted by Crippen LogP contribution is -2.46. The van der Waals surface area contributed by atoms with Crippen molar-refractivity contribution in [3.63, 3.8) is 0 Å². The van der Waals surface area contributed by atoms with Gasteiger partial charge in [-0.25, -0.2) is 8.42 Å². The van der Waals surface area contributed by atoms with Crippen LogP contribution in [0.3, 0.4) is 0 Å². The molecule has 0 fully saturated rings. The second-order valence-electron chi connectivity index (χ2n) is 3.83. The van der Waals surface area contributed by atoms with Gasteiger partial charge in [0.05, 0.1) is 11.9 Å². The highest BCUT2D eigenvalue weighted by atomic mass is 35.5. The van der Waals surface area contributed by atoms with Crippen LogP contribution in [-0.2, 0) is 14.8 Å². The summed E-state index contributed by atoms with van der Waals surface area (Å²) in [7, 11) is -2.12. The lowest BCUT2D eigenvalue weighted by atomic mass is 10.2. The van der Waals surface area contributed by atoms with Crippen molar-refractivity contribution >= 4 is 33.2 Å². The number of anilines is 1. The molecule has 0 aliphatic carbocycles. The largest absolute Gasteiger partial charge is 0.357 e. The highest BCUT2D eigenvalue weighted by Crippen LogP contribution is 2.23. The van der Waals surface area contributed by atoms with Gasteiger partial charge in [0, 0.05) is 12.1 Å². The molecule has 0 bridgehead atoms. The first-order valence-corrected chi connectivity index (χ1v) is 7.46. The zero-order chi connectivity index (χ0) is 13.9. The maximum absolute atomic E-state index is 11.8. The highest BCUT2D eigenvalue weighted by molar-refractivity contribution is 7.92. The third kappa shape index (κ3) is 3.36. The predicted octanol–water partition coefficient (Wildman–Crippen LogP) is 1.24. The van der Waals surface area contributed by atoms with Crippen molar-refractivity contribution < 1.29 is 13.2 Å². The Bertz CT molecular complexity index is 545. The fraction of sp³-hybridized carbons (Fsp3) is 0.364. The number of halogens is 1. The van der Waals surface area contributed by atoms with Gasteiger partial charge in [0.25, 0.3) is 0 Å². The first-order chi connectivity index (χ1) is 8.27. The van der Waals surface area contributed by atoms with E-state index in [0.29, 0.717) is 10.7 Å². The van der Waals surface area contributed by atoms with E-state index in [1.807, 2.05) is 0 Å². The normalized spacial score (nSPS) is 12.9. The number of benzene rings is 1. The molecule has 0 aliphatic rings. The van der Waals surface area contributed by atoms with Gasteiger partial charge in [-0.15, -0.1) is 0 Å². The van der Waals surface area contributed by atoms with Crippen molar-refractivity contribution in [3.8, 4) is 0 Å².